The first-order valence-electron chi connectivity index (χ1n) is 8.36. The van der Waals surface area contributed by atoms with E-state index in [-0.39, 0.29) is 12.2 Å². The van der Waals surface area contributed by atoms with E-state index in [2.05, 4.69) is 33.4 Å². The highest BCUT2D eigenvalue weighted by molar-refractivity contribution is 9.09. The van der Waals surface area contributed by atoms with Crippen molar-refractivity contribution >= 4 is 22.0 Å². The standard InChI is InChI=1S/C20H24BrNO2/c21-14-8-7-13-19(15-17-9-3-1-4-10-17)24-20(23)22-16-18-11-5-2-6-12-18/h1-6,9-12,19H,7-8,13-16H2,(H,22,23). The fourth-order valence-corrected chi connectivity index (χ4v) is 2.91. The Morgan fingerprint density at radius 1 is 0.958 bits per heavy atom. The highest BCUT2D eigenvalue weighted by atomic mass is 79.9. The summed E-state index contributed by atoms with van der Waals surface area (Å²) in [5, 5.41) is 3.81. The third kappa shape index (κ3) is 7.18. The molecule has 4 heteroatoms. The van der Waals surface area contributed by atoms with E-state index < -0.39 is 0 Å². The minimum absolute atomic E-state index is 0.0952. The maximum Gasteiger partial charge on any atom is 0.407 e. The molecule has 0 fully saturated rings. The van der Waals surface area contributed by atoms with Gasteiger partial charge in [0, 0.05) is 18.3 Å². The summed E-state index contributed by atoms with van der Waals surface area (Å²) in [7, 11) is 0. The van der Waals surface area contributed by atoms with Crippen LogP contribution in [0.5, 0.6) is 0 Å². The maximum absolute atomic E-state index is 12.1. The normalized spacial score (nSPS) is 11.7. The summed E-state index contributed by atoms with van der Waals surface area (Å²) < 4.78 is 5.66. The molecule has 0 aliphatic rings. The summed E-state index contributed by atoms with van der Waals surface area (Å²) in [5.74, 6) is 0. The summed E-state index contributed by atoms with van der Waals surface area (Å²) in [6.07, 6.45) is 3.30. The number of alkyl halides is 1. The number of benzene rings is 2. The molecule has 0 aliphatic heterocycles. The number of hydrogen-bond donors (Lipinski definition) is 1. The van der Waals surface area contributed by atoms with Gasteiger partial charge in [-0.05, 0) is 30.4 Å². The van der Waals surface area contributed by atoms with Gasteiger partial charge in [0.05, 0.1) is 0 Å². The number of ether oxygens (including phenoxy) is 1. The molecule has 3 nitrogen and oxygen atoms in total. The number of rotatable bonds is 9. The van der Waals surface area contributed by atoms with Gasteiger partial charge < -0.3 is 10.1 Å². The van der Waals surface area contributed by atoms with Gasteiger partial charge in [-0.25, -0.2) is 4.79 Å². The number of carbonyl (C=O) groups excluding carboxylic acids is 1. The molecule has 0 bridgehead atoms. The molecule has 0 aromatic heterocycles. The van der Waals surface area contributed by atoms with Crippen LogP contribution in [0.1, 0.15) is 30.4 Å². The molecule has 1 amide bonds. The highest BCUT2D eigenvalue weighted by Crippen LogP contribution is 2.13. The Kier molecular flexibility index (Phi) is 8.39. The molecular weight excluding hydrogens is 366 g/mol. The van der Waals surface area contributed by atoms with Crippen LogP contribution in [-0.4, -0.2) is 17.5 Å². The van der Waals surface area contributed by atoms with Crippen LogP contribution in [0.2, 0.25) is 0 Å². The number of carbonyl (C=O) groups is 1. The lowest BCUT2D eigenvalue weighted by Gasteiger charge is -2.18. The van der Waals surface area contributed by atoms with Crippen molar-refractivity contribution in [1.29, 1.82) is 0 Å². The molecule has 0 spiro atoms. The maximum atomic E-state index is 12.1. The van der Waals surface area contributed by atoms with Crippen LogP contribution in [0.15, 0.2) is 60.7 Å². The van der Waals surface area contributed by atoms with E-state index in [1.54, 1.807) is 0 Å². The first-order chi connectivity index (χ1) is 11.8. The van der Waals surface area contributed by atoms with Crippen molar-refractivity contribution in [3.8, 4) is 0 Å². The van der Waals surface area contributed by atoms with Crippen molar-refractivity contribution in [3.63, 3.8) is 0 Å². The number of nitrogens with one attached hydrogen (secondary N) is 1. The van der Waals surface area contributed by atoms with Crippen molar-refractivity contribution in [2.24, 2.45) is 0 Å². The molecule has 1 N–H and O–H groups in total. The SMILES string of the molecule is O=C(NCc1ccccc1)OC(CCCCBr)Cc1ccccc1. The van der Waals surface area contributed by atoms with Gasteiger partial charge in [-0.2, -0.15) is 0 Å². The third-order valence-electron chi connectivity index (χ3n) is 3.77. The van der Waals surface area contributed by atoms with Crippen LogP contribution in [0, 0.1) is 0 Å². The molecule has 0 radical (unpaired) electrons. The van der Waals surface area contributed by atoms with Crippen molar-refractivity contribution in [2.75, 3.05) is 5.33 Å². The summed E-state index contributed by atoms with van der Waals surface area (Å²) in [6.45, 7) is 0.485. The molecule has 2 aromatic rings. The molecular formula is C20H24BrNO2. The zero-order valence-electron chi connectivity index (χ0n) is 13.8. The highest BCUT2D eigenvalue weighted by Gasteiger charge is 2.15. The van der Waals surface area contributed by atoms with Crippen LogP contribution in [0.3, 0.4) is 0 Å². The van der Waals surface area contributed by atoms with E-state index in [9.17, 15) is 4.79 Å². The third-order valence-corrected chi connectivity index (χ3v) is 4.33. The summed E-state index contributed by atoms with van der Waals surface area (Å²) in [6, 6.07) is 20.0. The van der Waals surface area contributed by atoms with Gasteiger partial charge in [-0.15, -0.1) is 0 Å². The van der Waals surface area contributed by atoms with Gasteiger partial charge in [0.1, 0.15) is 6.10 Å². The van der Waals surface area contributed by atoms with Crippen LogP contribution in [0.4, 0.5) is 4.79 Å². The summed E-state index contributed by atoms with van der Waals surface area (Å²) in [5.41, 5.74) is 2.26. The lowest BCUT2D eigenvalue weighted by atomic mass is 10.0. The van der Waals surface area contributed by atoms with E-state index in [0.717, 1.165) is 36.6 Å². The lowest BCUT2D eigenvalue weighted by Crippen LogP contribution is -2.29. The Morgan fingerprint density at radius 3 is 2.21 bits per heavy atom. The van der Waals surface area contributed by atoms with Gasteiger partial charge >= 0.3 is 6.09 Å². The molecule has 0 heterocycles. The Bertz CT molecular complexity index is 589. The van der Waals surface area contributed by atoms with Crippen LogP contribution in [0.25, 0.3) is 0 Å². The first kappa shape index (κ1) is 18.5. The predicted molar refractivity (Wildman–Crippen MR) is 101 cm³/mol. The van der Waals surface area contributed by atoms with Crippen molar-refractivity contribution in [3.05, 3.63) is 71.8 Å². The van der Waals surface area contributed by atoms with Crippen LogP contribution in [-0.2, 0) is 17.7 Å². The lowest BCUT2D eigenvalue weighted by molar-refractivity contribution is 0.0908. The van der Waals surface area contributed by atoms with E-state index in [0.29, 0.717) is 6.54 Å². The fraction of sp³-hybridized carbons (Fsp3) is 0.350. The van der Waals surface area contributed by atoms with Gasteiger partial charge in [-0.3, -0.25) is 0 Å². The number of amides is 1. The van der Waals surface area contributed by atoms with Crippen molar-refractivity contribution in [2.45, 2.75) is 38.3 Å². The molecule has 2 aromatic carbocycles. The zero-order valence-corrected chi connectivity index (χ0v) is 15.4. The second kappa shape index (κ2) is 10.9. The van der Waals surface area contributed by atoms with E-state index in [1.165, 1.54) is 5.56 Å². The summed E-state index contributed by atoms with van der Waals surface area (Å²) >= 11 is 3.45. The number of unbranched alkanes of at least 4 members (excludes halogenated alkanes) is 1. The Morgan fingerprint density at radius 2 is 1.58 bits per heavy atom. The predicted octanol–water partition coefficient (Wildman–Crippen LogP) is 5.09. The molecule has 0 saturated heterocycles. The van der Waals surface area contributed by atoms with E-state index in [4.69, 9.17) is 4.74 Å². The molecule has 0 aliphatic carbocycles. The summed E-state index contributed by atoms with van der Waals surface area (Å²) in [4.78, 5) is 12.1. The number of halogens is 1. The van der Waals surface area contributed by atoms with Gasteiger partial charge in [0.25, 0.3) is 0 Å². The molecule has 1 atom stereocenters. The minimum atomic E-state index is -0.348. The van der Waals surface area contributed by atoms with Crippen molar-refractivity contribution < 1.29 is 9.53 Å². The number of alkyl carbamates (subject to hydrolysis) is 1. The first-order valence-corrected chi connectivity index (χ1v) is 9.48. The Balaban J connectivity index is 1.84. The van der Waals surface area contributed by atoms with Crippen molar-refractivity contribution in [1.82, 2.24) is 5.32 Å². The zero-order chi connectivity index (χ0) is 17.0. The molecule has 0 saturated carbocycles. The monoisotopic (exact) mass is 389 g/mol. The topological polar surface area (TPSA) is 38.3 Å². The Labute approximate surface area is 152 Å². The van der Waals surface area contributed by atoms with Gasteiger partial charge in [0.2, 0.25) is 0 Å². The smallest absolute Gasteiger partial charge is 0.407 e. The average Bonchev–Trinajstić information content (AvgIpc) is 2.62. The Hall–Kier alpha value is -1.81. The van der Waals surface area contributed by atoms with E-state index in [1.807, 2.05) is 48.5 Å². The fourth-order valence-electron chi connectivity index (χ4n) is 2.51. The average molecular weight is 390 g/mol. The largest absolute Gasteiger partial charge is 0.446 e. The second-order valence-electron chi connectivity index (χ2n) is 5.74. The molecule has 1 unspecified atom stereocenters. The number of hydrogen-bond acceptors (Lipinski definition) is 2. The van der Waals surface area contributed by atoms with E-state index >= 15 is 0 Å². The quantitative estimate of drug-likeness (QED) is 0.479. The minimum Gasteiger partial charge on any atom is -0.446 e. The van der Waals surface area contributed by atoms with Gasteiger partial charge in [-0.1, -0.05) is 76.6 Å². The van der Waals surface area contributed by atoms with Gasteiger partial charge in [0.15, 0.2) is 0 Å². The van der Waals surface area contributed by atoms with Crippen LogP contribution >= 0.6 is 15.9 Å². The molecule has 24 heavy (non-hydrogen) atoms. The molecule has 128 valence electrons. The van der Waals surface area contributed by atoms with Crippen LogP contribution < -0.4 is 5.32 Å². The second-order valence-corrected chi connectivity index (χ2v) is 6.53. The molecule has 2 rings (SSSR count).